The van der Waals surface area contributed by atoms with E-state index in [2.05, 4.69) is 0 Å². The minimum atomic E-state index is -0.907. The van der Waals surface area contributed by atoms with Crippen LogP contribution >= 0.6 is 11.8 Å². The van der Waals surface area contributed by atoms with Gasteiger partial charge in [-0.1, -0.05) is 41.6 Å². The molecule has 1 aliphatic rings. The third kappa shape index (κ3) is 3.86. The van der Waals surface area contributed by atoms with Crippen LogP contribution < -0.4 is 10.6 Å². The summed E-state index contributed by atoms with van der Waals surface area (Å²) >= 11 is 1.12. The second kappa shape index (κ2) is 7.64. The Morgan fingerprint density at radius 1 is 1.22 bits per heavy atom. The normalized spacial score (nSPS) is 18.3. The smallest absolute Gasteiger partial charge is 0.262 e. The Morgan fingerprint density at radius 3 is 2.41 bits per heavy atom. The summed E-state index contributed by atoms with van der Waals surface area (Å²) in [5.41, 5.74) is 7.48. The van der Waals surface area contributed by atoms with Crippen LogP contribution in [-0.4, -0.2) is 17.1 Å². The number of halogens is 1. The van der Waals surface area contributed by atoms with Gasteiger partial charge in [-0.15, -0.1) is 0 Å². The molecule has 5 nitrogen and oxygen atoms in total. The van der Waals surface area contributed by atoms with Crippen molar-refractivity contribution in [2.75, 3.05) is 4.90 Å². The lowest BCUT2D eigenvalue weighted by Crippen LogP contribution is -2.31. The number of nitrogens with zero attached hydrogens (tertiary/aromatic N) is 2. The fourth-order valence-electron chi connectivity index (χ4n) is 2.76. The molecular formula is C20H16FN3O2S. The van der Waals surface area contributed by atoms with Gasteiger partial charge in [0.05, 0.1) is 5.25 Å². The van der Waals surface area contributed by atoms with Crippen LogP contribution in [0, 0.1) is 24.1 Å². The van der Waals surface area contributed by atoms with Gasteiger partial charge in [0, 0.05) is 5.69 Å². The highest BCUT2D eigenvalue weighted by molar-refractivity contribution is 8.05. The molecule has 136 valence electrons. The monoisotopic (exact) mass is 381 g/mol. The maximum absolute atomic E-state index is 13.3. The molecule has 0 aliphatic carbocycles. The largest absolute Gasteiger partial charge is 0.365 e. The Morgan fingerprint density at radius 2 is 1.85 bits per heavy atom. The van der Waals surface area contributed by atoms with E-state index >= 15 is 0 Å². The Labute approximate surface area is 160 Å². The average Bonchev–Trinajstić information content (AvgIpc) is 2.94. The molecule has 0 radical (unpaired) electrons. The zero-order chi connectivity index (χ0) is 19.6. The van der Waals surface area contributed by atoms with Crippen molar-refractivity contribution in [1.82, 2.24) is 0 Å². The zero-order valence-corrected chi connectivity index (χ0v) is 15.3. The number of hydrogen-bond donors (Lipinski definition) is 1. The van der Waals surface area contributed by atoms with Crippen molar-refractivity contribution >= 4 is 29.3 Å². The lowest BCUT2D eigenvalue weighted by atomic mass is 10.1. The number of benzene rings is 2. The van der Waals surface area contributed by atoms with Gasteiger partial charge in [-0.05, 0) is 43.2 Å². The number of amides is 2. The van der Waals surface area contributed by atoms with Crippen LogP contribution in [0.5, 0.6) is 0 Å². The predicted octanol–water partition coefficient (Wildman–Crippen LogP) is 3.05. The third-order valence-electron chi connectivity index (χ3n) is 4.15. The summed E-state index contributed by atoms with van der Waals surface area (Å²) in [5.74, 6) is -1.64. The van der Waals surface area contributed by atoms with Crippen LogP contribution in [0.4, 0.5) is 10.1 Å². The number of primary amides is 1. The zero-order valence-electron chi connectivity index (χ0n) is 14.5. The molecule has 0 spiro atoms. The molecule has 0 saturated carbocycles. The Balaban J connectivity index is 2.01. The summed E-state index contributed by atoms with van der Waals surface area (Å²) < 4.78 is 13.3. The highest BCUT2D eigenvalue weighted by atomic mass is 32.2. The first kappa shape index (κ1) is 18.7. The molecule has 2 amide bonds. The topological polar surface area (TPSA) is 87.2 Å². The number of nitrogens with two attached hydrogens (primary N) is 1. The van der Waals surface area contributed by atoms with Crippen LogP contribution in [0.25, 0.3) is 0 Å². The van der Waals surface area contributed by atoms with E-state index in [1.165, 1.54) is 29.2 Å². The molecule has 1 atom stereocenters. The molecular weight excluding hydrogens is 365 g/mol. The van der Waals surface area contributed by atoms with Gasteiger partial charge in [0.1, 0.15) is 22.5 Å². The summed E-state index contributed by atoms with van der Waals surface area (Å²) in [5, 5.41) is 9.00. The molecule has 2 N–H and O–H groups in total. The van der Waals surface area contributed by atoms with Crippen LogP contribution in [0.1, 0.15) is 11.1 Å². The van der Waals surface area contributed by atoms with E-state index in [1.807, 2.05) is 31.2 Å². The maximum Gasteiger partial charge on any atom is 0.262 e. The van der Waals surface area contributed by atoms with E-state index < -0.39 is 17.0 Å². The molecule has 7 heteroatoms. The number of aryl methyl sites for hydroxylation is 1. The summed E-state index contributed by atoms with van der Waals surface area (Å²) in [4.78, 5) is 26.0. The van der Waals surface area contributed by atoms with Gasteiger partial charge in [-0.2, -0.15) is 5.26 Å². The molecule has 1 saturated heterocycles. The second-order valence-corrected chi connectivity index (χ2v) is 7.29. The van der Waals surface area contributed by atoms with Crippen molar-refractivity contribution in [2.24, 2.45) is 5.73 Å². The van der Waals surface area contributed by atoms with E-state index in [0.717, 1.165) is 22.9 Å². The lowest BCUT2D eigenvalue weighted by molar-refractivity contribution is -0.117. The van der Waals surface area contributed by atoms with Crippen LogP contribution in [-0.2, 0) is 16.0 Å². The number of nitriles is 1. The van der Waals surface area contributed by atoms with Crippen LogP contribution in [0.15, 0.2) is 59.1 Å². The number of carbonyl (C=O) groups is 2. The van der Waals surface area contributed by atoms with Gasteiger partial charge >= 0.3 is 0 Å². The quantitative estimate of drug-likeness (QED) is 0.651. The first-order valence-corrected chi connectivity index (χ1v) is 9.04. The Hall–Kier alpha value is -3.11. The minimum absolute atomic E-state index is 0.179. The lowest BCUT2D eigenvalue weighted by Gasteiger charge is -2.18. The van der Waals surface area contributed by atoms with Gasteiger partial charge in [0.15, 0.2) is 0 Å². The fraction of sp³-hybridized carbons (Fsp3) is 0.150. The van der Waals surface area contributed by atoms with Crippen LogP contribution in [0.2, 0.25) is 0 Å². The molecule has 1 fully saturated rings. The van der Waals surface area contributed by atoms with Crippen LogP contribution in [0.3, 0.4) is 0 Å². The van der Waals surface area contributed by atoms with Crippen molar-refractivity contribution in [3.63, 3.8) is 0 Å². The molecule has 3 rings (SSSR count). The fourth-order valence-corrected chi connectivity index (χ4v) is 4.08. The number of thioether (sulfide) groups is 1. The Bertz CT molecular complexity index is 962. The van der Waals surface area contributed by atoms with Gasteiger partial charge in [0.2, 0.25) is 5.91 Å². The molecule has 0 aromatic heterocycles. The summed E-state index contributed by atoms with van der Waals surface area (Å²) in [7, 11) is 0. The van der Waals surface area contributed by atoms with Gasteiger partial charge in [-0.3, -0.25) is 14.5 Å². The average molecular weight is 381 g/mol. The van der Waals surface area contributed by atoms with Crippen molar-refractivity contribution in [1.29, 1.82) is 5.26 Å². The summed E-state index contributed by atoms with van der Waals surface area (Å²) in [6.07, 6.45) is 0.433. The van der Waals surface area contributed by atoms with E-state index in [1.54, 1.807) is 6.07 Å². The van der Waals surface area contributed by atoms with E-state index in [-0.39, 0.29) is 16.5 Å². The van der Waals surface area contributed by atoms with Gasteiger partial charge in [0.25, 0.3) is 5.91 Å². The van der Waals surface area contributed by atoms with Gasteiger partial charge in [-0.25, -0.2) is 4.39 Å². The van der Waals surface area contributed by atoms with E-state index in [4.69, 9.17) is 5.73 Å². The number of anilines is 1. The second-order valence-electron chi connectivity index (χ2n) is 6.10. The number of hydrogen-bond acceptors (Lipinski definition) is 4. The molecule has 1 unspecified atom stereocenters. The summed E-state index contributed by atoms with van der Waals surface area (Å²) in [6, 6.07) is 14.9. The molecule has 0 bridgehead atoms. The number of rotatable bonds is 4. The Kier molecular flexibility index (Phi) is 5.28. The molecule has 1 heterocycles. The third-order valence-corrected chi connectivity index (χ3v) is 5.41. The molecule has 27 heavy (non-hydrogen) atoms. The summed E-state index contributed by atoms with van der Waals surface area (Å²) in [6.45, 7) is 1.97. The van der Waals surface area contributed by atoms with Crippen molar-refractivity contribution < 1.29 is 14.0 Å². The predicted molar refractivity (Wildman–Crippen MR) is 102 cm³/mol. The molecule has 2 aromatic rings. The minimum Gasteiger partial charge on any atom is -0.365 e. The highest BCUT2D eigenvalue weighted by Gasteiger charge is 2.40. The first-order chi connectivity index (χ1) is 12.9. The molecule has 1 aliphatic heterocycles. The van der Waals surface area contributed by atoms with Crippen molar-refractivity contribution in [3.8, 4) is 6.07 Å². The maximum atomic E-state index is 13.3. The highest BCUT2D eigenvalue weighted by Crippen LogP contribution is 2.41. The number of carbonyl (C=O) groups excluding carboxylic acids is 2. The SMILES string of the molecule is Cc1ccc(CC2S/C(=C(/C#N)C(N)=O)N(c3ccc(F)cc3)C2=O)cc1. The molecule has 2 aromatic carbocycles. The standard InChI is InChI=1S/C20H16FN3O2S/c1-12-2-4-13(5-3-12)10-17-19(26)24(15-8-6-14(21)7-9-15)20(27-17)16(11-22)18(23)25/h2-9,17H,10H2,1H3,(H2,23,25)/b20-16-. The van der Waals surface area contributed by atoms with Crippen molar-refractivity contribution in [3.05, 3.63) is 76.1 Å². The van der Waals surface area contributed by atoms with E-state index in [0.29, 0.717) is 12.1 Å². The van der Waals surface area contributed by atoms with Gasteiger partial charge < -0.3 is 5.73 Å². The first-order valence-electron chi connectivity index (χ1n) is 8.16. The van der Waals surface area contributed by atoms with Crippen molar-refractivity contribution in [2.45, 2.75) is 18.6 Å². The van der Waals surface area contributed by atoms with E-state index in [9.17, 15) is 19.2 Å².